The molecular weight excluding hydrogens is 338 g/mol. The number of nitrogens with zero attached hydrogens (tertiary/aromatic N) is 5. The highest BCUT2D eigenvalue weighted by Gasteiger charge is 2.08. The van der Waals surface area contributed by atoms with Gasteiger partial charge in [0.25, 0.3) is 0 Å². The van der Waals surface area contributed by atoms with E-state index in [1.807, 2.05) is 37.5 Å². The van der Waals surface area contributed by atoms with Crippen molar-refractivity contribution >= 4 is 23.1 Å². The third-order valence-corrected chi connectivity index (χ3v) is 4.25. The van der Waals surface area contributed by atoms with Gasteiger partial charge in [0.1, 0.15) is 0 Å². The number of nitrogens with one attached hydrogen (secondary N) is 2. The van der Waals surface area contributed by atoms with Gasteiger partial charge in [0.15, 0.2) is 5.82 Å². The number of H-pyrrole nitrogens is 1. The Labute approximate surface area is 146 Å². The van der Waals surface area contributed by atoms with Gasteiger partial charge in [-0.15, -0.1) is 0 Å². The summed E-state index contributed by atoms with van der Waals surface area (Å²) in [7, 11) is 1.84. The number of aromatic amines is 1. The van der Waals surface area contributed by atoms with E-state index in [1.165, 1.54) is 0 Å². The summed E-state index contributed by atoms with van der Waals surface area (Å²) < 4.78 is 1.69. The van der Waals surface area contributed by atoms with E-state index in [9.17, 15) is 4.79 Å². The fourth-order valence-corrected chi connectivity index (χ4v) is 2.94. The Kier molecular flexibility index (Phi) is 3.82. The first-order valence-electron chi connectivity index (χ1n) is 7.43. The van der Waals surface area contributed by atoms with Crippen LogP contribution < -0.4 is 10.2 Å². The van der Waals surface area contributed by atoms with E-state index in [0.29, 0.717) is 23.2 Å². The van der Waals surface area contributed by atoms with Crippen LogP contribution >= 0.6 is 11.3 Å². The van der Waals surface area contributed by atoms with Gasteiger partial charge in [0.05, 0.1) is 22.0 Å². The van der Waals surface area contributed by atoms with E-state index in [1.54, 1.807) is 23.1 Å². The van der Waals surface area contributed by atoms with Gasteiger partial charge in [0, 0.05) is 31.7 Å². The number of aryl methyl sites for hydroxylation is 1. The van der Waals surface area contributed by atoms with Crippen LogP contribution in [0.1, 0.15) is 0 Å². The van der Waals surface area contributed by atoms with Crippen molar-refractivity contribution in [1.29, 1.82) is 0 Å². The average Bonchev–Trinajstić information content (AvgIpc) is 3.24. The van der Waals surface area contributed by atoms with Gasteiger partial charge >= 0.3 is 4.87 Å². The lowest BCUT2D eigenvalue weighted by Gasteiger charge is -2.05. The van der Waals surface area contributed by atoms with Crippen molar-refractivity contribution in [2.24, 2.45) is 7.05 Å². The van der Waals surface area contributed by atoms with E-state index < -0.39 is 0 Å². The number of aromatic nitrogens is 6. The Morgan fingerprint density at radius 2 is 1.96 bits per heavy atom. The maximum absolute atomic E-state index is 11.3. The van der Waals surface area contributed by atoms with E-state index in [2.05, 4.69) is 30.4 Å². The molecule has 8 nitrogen and oxygen atoms in total. The van der Waals surface area contributed by atoms with E-state index in [0.717, 1.165) is 21.9 Å². The molecule has 0 saturated heterocycles. The molecular formula is C16H13N7OS. The monoisotopic (exact) mass is 351 g/mol. The molecule has 25 heavy (non-hydrogen) atoms. The highest BCUT2D eigenvalue weighted by Crippen LogP contribution is 2.23. The Bertz CT molecular complexity index is 1080. The van der Waals surface area contributed by atoms with E-state index >= 15 is 0 Å². The Morgan fingerprint density at radius 3 is 2.72 bits per heavy atom. The fraction of sp³-hybridized carbons (Fsp3) is 0.0625. The molecule has 0 aromatic carbocycles. The van der Waals surface area contributed by atoms with E-state index in [-0.39, 0.29) is 4.87 Å². The highest BCUT2D eigenvalue weighted by molar-refractivity contribution is 7.12. The second-order valence-corrected chi connectivity index (χ2v) is 6.23. The van der Waals surface area contributed by atoms with Crippen LogP contribution in [0, 0.1) is 0 Å². The summed E-state index contributed by atoms with van der Waals surface area (Å²) in [6, 6.07) is 9.23. The lowest BCUT2D eigenvalue weighted by Crippen LogP contribution is -2.00. The predicted molar refractivity (Wildman–Crippen MR) is 95.7 cm³/mol. The van der Waals surface area contributed by atoms with Crippen LogP contribution in [0.3, 0.4) is 0 Å². The lowest BCUT2D eigenvalue weighted by atomic mass is 10.2. The minimum atomic E-state index is -0.105. The minimum Gasteiger partial charge on any atom is -0.319 e. The zero-order valence-electron chi connectivity index (χ0n) is 13.2. The van der Waals surface area contributed by atoms with Crippen molar-refractivity contribution in [3.05, 3.63) is 58.6 Å². The minimum absolute atomic E-state index is 0.105. The molecule has 0 amide bonds. The first-order valence-corrected chi connectivity index (χ1v) is 8.25. The molecule has 4 rings (SSSR count). The average molecular weight is 351 g/mol. The summed E-state index contributed by atoms with van der Waals surface area (Å²) in [5.41, 5.74) is 2.10. The summed E-state index contributed by atoms with van der Waals surface area (Å²) in [4.78, 5) is 27.9. The van der Waals surface area contributed by atoms with Crippen LogP contribution in [0.2, 0.25) is 0 Å². The van der Waals surface area contributed by atoms with Crippen molar-refractivity contribution < 1.29 is 0 Å². The van der Waals surface area contributed by atoms with Crippen LogP contribution in [0.5, 0.6) is 0 Å². The summed E-state index contributed by atoms with van der Waals surface area (Å²) in [6.45, 7) is 0. The largest absolute Gasteiger partial charge is 0.319 e. The number of pyridine rings is 1. The SMILES string of the molecule is Cn1ccc(Nc2nccc(-c3cccc(-c4c[nH]c(=O)s4)n3)n2)n1. The molecule has 124 valence electrons. The summed E-state index contributed by atoms with van der Waals surface area (Å²) >= 11 is 1.12. The maximum Gasteiger partial charge on any atom is 0.305 e. The molecule has 0 aliphatic heterocycles. The maximum atomic E-state index is 11.3. The normalized spacial score (nSPS) is 10.8. The quantitative estimate of drug-likeness (QED) is 0.585. The van der Waals surface area contributed by atoms with Crippen molar-refractivity contribution in [3.8, 4) is 22.0 Å². The van der Waals surface area contributed by atoms with Gasteiger partial charge in [-0.3, -0.25) is 9.48 Å². The van der Waals surface area contributed by atoms with Crippen molar-refractivity contribution in [2.45, 2.75) is 0 Å². The van der Waals surface area contributed by atoms with Gasteiger partial charge in [-0.1, -0.05) is 17.4 Å². The van der Waals surface area contributed by atoms with E-state index in [4.69, 9.17) is 0 Å². The second kappa shape index (κ2) is 6.29. The van der Waals surface area contributed by atoms with Crippen LogP contribution in [0.4, 0.5) is 11.8 Å². The molecule has 0 fully saturated rings. The topological polar surface area (TPSA) is 101 Å². The van der Waals surface area contributed by atoms with Crippen LogP contribution in [-0.4, -0.2) is 29.7 Å². The van der Waals surface area contributed by atoms with Crippen LogP contribution in [0.15, 0.2) is 53.7 Å². The highest BCUT2D eigenvalue weighted by atomic mass is 32.1. The standard InChI is InChI=1S/C16H13N7OS/c1-23-8-6-14(22-23)21-15-17-7-5-11(20-15)10-3-2-4-12(19-10)13-9-18-16(24)25-13/h2-9H,1H3,(H,18,24)(H,17,20,21,22). The molecule has 0 spiro atoms. The summed E-state index contributed by atoms with van der Waals surface area (Å²) in [5, 5.41) is 7.30. The Balaban J connectivity index is 1.65. The van der Waals surface area contributed by atoms with Crippen molar-refractivity contribution in [1.82, 2.24) is 29.7 Å². The molecule has 0 bridgehead atoms. The Morgan fingerprint density at radius 1 is 1.12 bits per heavy atom. The molecule has 4 aromatic rings. The lowest BCUT2D eigenvalue weighted by molar-refractivity contribution is 0.770. The molecule has 0 radical (unpaired) electrons. The number of thiazole rings is 1. The van der Waals surface area contributed by atoms with Crippen LogP contribution in [-0.2, 0) is 7.05 Å². The molecule has 4 heterocycles. The summed E-state index contributed by atoms with van der Waals surface area (Å²) in [6.07, 6.45) is 5.16. The molecule has 0 saturated carbocycles. The molecule has 0 unspecified atom stereocenters. The Hall–Kier alpha value is -3.33. The molecule has 0 aliphatic carbocycles. The number of anilines is 2. The number of hydrogen-bond acceptors (Lipinski definition) is 7. The second-order valence-electron chi connectivity index (χ2n) is 5.22. The smallest absolute Gasteiger partial charge is 0.305 e. The molecule has 0 aliphatic rings. The van der Waals surface area contributed by atoms with Gasteiger partial charge in [0.2, 0.25) is 5.95 Å². The van der Waals surface area contributed by atoms with Crippen LogP contribution in [0.25, 0.3) is 22.0 Å². The molecule has 0 atom stereocenters. The summed E-state index contributed by atoms with van der Waals surface area (Å²) in [5.74, 6) is 1.10. The van der Waals surface area contributed by atoms with Crippen molar-refractivity contribution in [2.75, 3.05) is 5.32 Å². The molecule has 4 aromatic heterocycles. The van der Waals surface area contributed by atoms with Gasteiger partial charge < -0.3 is 10.3 Å². The van der Waals surface area contributed by atoms with Gasteiger partial charge in [-0.25, -0.2) is 15.0 Å². The third-order valence-electron chi connectivity index (χ3n) is 3.40. The number of rotatable bonds is 4. The number of hydrogen-bond donors (Lipinski definition) is 2. The van der Waals surface area contributed by atoms with Gasteiger partial charge in [-0.2, -0.15) is 5.10 Å². The molecule has 2 N–H and O–H groups in total. The predicted octanol–water partition coefficient (Wildman–Crippen LogP) is 2.43. The van der Waals surface area contributed by atoms with Crippen molar-refractivity contribution in [3.63, 3.8) is 0 Å². The fourth-order valence-electron chi connectivity index (χ4n) is 2.28. The van der Waals surface area contributed by atoms with Gasteiger partial charge in [-0.05, 0) is 18.2 Å². The zero-order valence-corrected chi connectivity index (χ0v) is 14.0. The first-order chi connectivity index (χ1) is 12.2. The third kappa shape index (κ3) is 3.31. The first kappa shape index (κ1) is 15.2. The molecule has 9 heteroatoms. The zero-order chi connectivity index (χ0) is 17.2.